The van der Waals surface area contributed by atoms with Gasteiger partial charge < -0.3 is 9.84 Å². The molecule has 0 aliphatic rings. The summed E-state index contributed by atoms with van der Waals surface area (Å²) in [5.41, 5.74) is 1.51. The van der Waals surface area contributed by atoms with Crippen molar-refractivity contribution in [1.82, 2.24) is 9.97 Å². The van der Waals surface area contributed by atoms with Crippen molar-refractivity contribution in [1.29, 1.82) is 0 Å². The summed E-state index contributed by atoms with van der Waals surface area (Å²) in [5.74, 6) is -0.383. The lowest BCUT2D eigenvalue weighted by molar-refractivity contribution is 0.0696. The van der Waals surface area contributed by atoms with Gasteiger partial charge in [-0.05, 0) is 12.1 Å². The van der Waals surface area contributed by atoms with Crippen molar-refractivity contribution in [2.24, 2.45) is 0 Å². The molecule has 0 spiro atoms. The van der Waals surface area contributed by atoms with Crippen LogP contribution in [0.3, 0.4) is 0 Å². The molecule has 0 radical (unpaired) electrons. The van der Waals surface area contributed by atoms with Crippen LogP contribution in [-0.4, -0.2) is 28.2 Å². The van der Waals surface area contributed by atoms with E-state index in [1.54, 1.807) is 31.8 Å². The van der Waals surface area contributed by atoms with E-state index >= 15 is 0 Å². The van der Waals surface area contributed by atoms with Crippen LogP contribution in [0.5, 0.6) is 5.75 Å². The van der Waals surface area contributed by atoms with Gasteiger partial charge in [0.15, 0.2) is 0 Å². The Morgan fingerprint density at radius 3 is 2.82 bits per heavy atom. The Hall–Kier alpha value is -2.43. The highest BCUT2D eigenvalue weighted by Gasteiger charge is 2.09. The summed E-state index contributed by atoms with van der Waals surface area (Å²) in [7, 11) is 1.55. The van der Waals surface area contributed by atoms with E-state index < -0.39 is 5.97 Å². The summed E-state index contributed by atoms with van der Waals surface area (Å²) in [5, 5.41) is 8.90. The number of rotatable bonds is 3. The maximum Gasteiger partial charge on any atom is 0.337 e. The first-order valence-corrected chi connectivity index (χ1v) is 4.89. The van der Waals surface area contributed by atoms with Crippen LogP contribution in [0.25, 0.3) is 11.1 Å². The fourth-order valence-corrected chi connectivity index (χ4v) is 1.48. The maximum atomic E-state index is 10.9. The number of aromatic nitrogens is 2. The molecule has 0 amide bonds. The summed E-state index contributed by atoms with van der Waals surface area (Å²) >= 11 is 0. The topological polar surface area (TPSA) is 72.3 Å². The SMILES string of the molecule is COc1ccncc1-c1cncc(C(=O)O)c1. The minimum atomic E-state index is -1.01. The minimum absolute atomic E-state index is 0.133. The first kappa shape index (κ1) is 11.1. The Balaban J connectivity index is 2.52. The smallest absolute Gasteiger partial charge is 0.337 e. The van der Waals surface area contributed by atoms with E-state index in [1.807, 2.05) is 0 Å². The molecule has 0 saturated carbocycles. The van der Waals surface area contributed by atoms with Crippen LogP contribution in [0.2, 0.25) is 0 Å². The average molecular weight is 230 g/mol. The van der Waals surface area contributed by atoms with Gasteiger partial charge in [-0.2, -0.15) is 0 Å². The third-order valence-electron chi connectivity index (χ3n) is 2.30. The van der Waals surface area contributed by atoms with E-state index in [9.17, 15) is 4.79 Å². The molecule has 17 heavy (non-hydrogen) atoms. The Labute approximate surface area is 97.7 Å². The van der Waals surface area contributed by atoms with Gasteiger partial charge in [0, 0.05) is 35.9 Å². The molecule has 0 aliphatic heterocycles. The zero-order valence-corrected chi connectivity index (χ0v) is 9.12. The largest absolute Gasteiger partial charge is 0.496 e. The van der Waals surface area contributed by atoms with Crippen LogP contribution in [0.4, 0.5) is 0 Å². The van der Waals surface area contributed by atoms with Crippen molar-refractivity contribution >= 4 is 5.97 Å². The summed E-state index contributed by atoms with van der Waals surface area (Å²) in [4.78, 5) is 18.7. The molecule has 0 aliphatic carbocycles. The Bertz CT molecular complexity index is 555. The molecule has 2 rings (SSSR count). The van der Waals surface area contributed by atoms with Crippen LogP contribution >= 0.6 is 0 Å². The van der Waals surface area contributed by atoms with Crippen molar-refractivity contribution in [2.75, 3.05) is 7.11 Å². The molecule has 0 fully saturated rings. The molecule has 0 saturated heterocycles. The van der Waals surface area contributed by atoms with E-state index in [0.29, 0.717) is 16.9 Å². The Kier molecular flexibility index (Phi) is 3.00. The number of ether oxygens (including phenoxy) is 1. The van der Waals surface area contributed by atoms with Gasteiger partial charge in [0.05, 0.1) is 12.7 Å². The maximum absolute atomic E-state index is 10.9. The quantitative estimate of drug-likeness (QED) is 0.871. The molecular formula is C12H10N2O3. The highest BCUT2D eigenvalue weighted by molar-refractivity contribution is 5.89. The summed E-state index contributed by atoms with van der Waals surface area (Å²) < 4.78 is 5.18. The second-order valence-corrected chi connectivity index (χ2v) is 3.34. The number of methoxy groups -OCH3 is 1. The zero-order chi connectivity index (χ0) is 12.3. The third kappa shape index (κ3) is 2.23. The van der Waals surface area contributed by atoms with Gasteiger partial charge in [0.2, 0.25) is 0 Å². The molecular weight excluding hydrogens is 220 g/mol. The zero-order valence-electron chi connectivity index (χ0n) is 9.12. The molecule has 0 aromatic carbocycles. The molecule has 0 bridgehead atoms. The molecule has 2 aromatic rings. The summed E-state index contributed by atoms with van der Waals surface area (Å²) in [6, 6.07) is 3.25. The van der Waals surface area contributed by atoms with Gasteiger partial charge in [-0.15, -0.1) is 0 Å². The van der Waals surface area contributed by atoms with Crippen LogP contribution < -0.4 is 4.74 Å². The van der Waals surface area contributed by atoms with Crippen molar-refractivity contribution in [3.8, 4) is 16.9 Å². The lowest BCUT2D eigenvalue weighted by atomic mass is 10.1. The van der Waals surface area contributed by atoms with E-state index in [4.69, 9.17) is 9.84 Å². The number of nitrogens with zero attached hydrogens (tertiary/aromatic N) is 2. The van der Waals surface area contributed by atoms with Gasteiger partial charge in [-0.25, -0.2) is 4.79 Å². The number of carbonyl (C=O) groups is 1. The number of aromatic carboxylic acids is 1. The van der Waals surface area contributed by atoms with Crippen molar-refractivity contribution in [3.05, 3.63) is 42.5 Å². The number of carboxylic acids is 1. The second kappa shape index (κ2) is 4.61. The van der Waals surface area contributed by atoms with Crippen molar-refractivity contribution in [3.63, 3.8) is 0 Å². The Morgan fingerprint density at radius 1 is 1.29 bits per heavy atom. The van der Waals surface area contributed by atoms with Gasteiger partial charge in [-0.3, -0.25) is 9.97 Å². The van der Waals surface area contributed by atoms with Gasteiger partial charge in [0.1, 0.15) is 5.75 Å². The van der Waals surface area contributed by atoms with Crippen molar-refractivity contribution in [2.45, 2.75) is 0 Å². The fraction of sp³-hybridized carbons (Fsp3) is 0.0833. The molecule has 5 nitrogen and oxygen atoms in total. The Morgan fingerprint density at radius 2 is 2.12 bits per heavy atom. The van der Waals surface area contributed by atoms with E-state index in [-0.39, 0.29) is 5.56 Å². The van der Waals surface area contributed by atoms with Crippen LogP contribution in [0.1, 0.15) is 10.4 Å². The number of hydrogen-bond acceptors (Lipinski definition) is 4. The molecule has 86 valence electrons. The van der Waals surface area contributed by atoms with Gasteiger partial charge >= 0.3 is 5.97 Å². The monoisotopic (exact) mass is 230 g/mol. The summed E-state index contributed by atoms with van der Waals surface area (Å²) in [6.07, 6.45) is 6.10. The molecule has 1 N–H and O–H groups in total. The minimum Gasteiger partial charge on any atom is -0.496 e. The van der Waals surface area contributed by atoms with E-state index in [1.165, 1.54) is 12.3 Å². The number of hydrogen-bond donors (Lipinski definition) is 1. The predicted octanol–water partition coefficient (Wildman–Crippen LogP) is 1.85. The molecule has 5 heteroatoms. The standard InChI is InChI=1S/C12H10N2O3/c1-17-11-2-3-13-7-10(11)8-4-9(12(15)16)6-14-5-8/h2-7H,1H3,(H,15,16). The van der Waals surface area contributed by atoms with Gasteiger partial charge in [-0.1, -0.05) is 0 Å². The molecule has 0 atom stereocenters. The van der Waals surface area contributed by atoms with Crippen LogP contribution in [-0.2, 0) is 0 Å². The normalized spacial score (nSPS) is 9.94. The summed E-state index contributed by atoms with van der Waals surface area (Å²) in [6.45, 7) is 0. The van der Waals surface area contributed by atoms with E-state index in [2.05, 4.69) is 9.97 Å². The highest BCUT2D eigenvalue weighted by atomic mass is 16.5. The van der Waals surface area contributed by atoms with Crippen LogP contribution in [0.15, 0.2) is 36.9 Å². The third-order valence-corrected chi connectivity index (χ3v) is 2.30. The lowest BCUT2D eigenvalue weighted by Gasteiger charge is -2.07. The first-order chi connectivity index (χ1) is 8.22. The first-order valence-electron chi connectivity index (χ1n) is 4.89. The fourth-order valence-electron chi connectivity index (χ4n) is 1.48. The second-order valence-electron chi connectivity index (χ2n) is 3.34. The lowest BCUT2D eigenvalue weighted by Crippen LogP contribution is -1.98. The molecule has 2 aromatic heterocycles. The highest BCUT2D eigenvalue weighted by Crippen LogP contribution is 2.28. The number of carboxylic acid groups (broad SMARTS) is 1. The molecule has 2 heterocycles. The average Bonchev–Trinajstić information content (AvgIpc) is 2.39. The molecule has 0 unspecified atom stereocenters. The van der Waals surface area contributed by atoms with E-state index in [0.717, 1.165) is 0 Å². The van der Waals surface area contributed by atoms with Gasteiger partial charge in [0.25, 0.3) is 0 Å². The van der Waals surface area contributed by atoms with Crippen LogP contribution in [0, 0.1) is 0 Å². The predicted molar refractivity (Wildman–Crippen MR) is 61.0 cm³/mol. The van der Waals surface area contributed by atoms with Crippen molar-refractivity contribution < 1.29 is 14.6 Å². The number of pyridine rings is 2.